The number of hydrogen-bond donors (Lipinski definition) is 2. The van der Waals surface area contributed by atoms with Gasteiger partial charge < -0.3 is 25.2 Å². The van der Waals surface area contributed by atoms with E-state index in [1.807, 2.05) is 36.1 Å². The molecule has 11 heteroatoms. The van der Waals surface area contributed by atoms with Crippen LogP contribution < -0.4 is 20.4 Å². The van der Waals surface area contributed by atoms with Crippen molar-refractivity contribution in [2.24, 2.45) is 0 Å². The van der Waals surface area contributed by atoms with Crippen molar-refractivity contribution < 1.29 is 13.9 Å². The fourth-order valence-corrected chi connectivity index (χ4v) is 4.78. The zero-order valence-corrected chi connectivity index (χ0v) is 21.1. The van der Waals surface area contributed by atoms with E-state index in [0.29, 0.717) is 37.1 Å². The second kappa shape index (κ2) is 11.0. The van der Waals surface area contributed by atoms with Crippen molar-refractivity contribution in [2.45, 2.75) is 38.8 Å². The van der Waals surface area contributed by atoms with E-state index in [2.05, 4.69) is 25.5 Å². The zero-order valence-electron chi connectivity index (χ0n) is 21.1. The van der Waals surface area contributed by atoms with Gasteiger partial charge in [-0.25, -0.2) is 29.1 Å². The first-order valence-electron chi connectivity index (χ1n) is 12.6. The Morgan fingerprint density at radius 3 is 2.49 bits per heavy atom. The minimum absolute atomic E-state index is 0.245. The second-order valence-corrected chi connectivity index (χ2v) is 9.15. The van der Waals surface area contributed by atoms with E-state index in [0.717, 1.165) is 55.0 Å². The highest BCUT2D eigenvalue weighted by atomic mass is 19.1. The Hall–Kier alpha value is -3.86. The lowest BCUT2D eigenvalue weighted by Crippen LogP contribution is -2.40. The van der Waals surface area contributed by atoms with E-state index in [4.69, 9.17) is 14.7 Å². The summed E-state index contributed by atoms with van der Waals surface area (Å²) in [7, 11) is 1.77. The molecule has 4 heterocycles. The first-order valence-corrected chi connectivity index (χ1v) is 12.6. The first kappa shape index (κ1) is 24.8. The van der Waals surface area contributed by atoms with Gasteiger partial charge in [0.15, 0.2) is 11.6 Å². The normalized spacial score (nSPS) is 15.9. The molecule has 10 nitrogen and oxygen atoms in total. The lowest BCUT2D eigenvalue weighted by Gasteiger charge is -2.36. The van der Waals surface area contributed by atoms with Crippen LogP contribution in [0.15, 0.2) is 36.7 Å². The molecule has 0 spiro atoms. The van der Waals surface area contributed by atoms with Crippen molar-refractivity contribution in [3.8, 4) is 11.4 Å². The Morgan fingerprint density at radius 2 is 1.81 bits per heavy atom. The molecule has 0 bridgehead atoms. The fourth-order valence-electron chi connectivity index (χ4n) is 4.78. The Bertz CT molecular complexity index is 1230. The van der Waals surface area contributed by atoms with Gasteiger partial charge in [0.2, 0.25) is 5.95 Å². The van der Waals surface area contributed by atoms with E-state index in [-0.39, 0.29) is 12.1 Å². The summed E-state index contributed by atoms with van der Waals surface area (Å²) in [6.07, 6.45) is 5.27. The summed E-state index contributed by atoms with van der Waals surface area (Å²) >= 11 is 0. The van der Waals surface area contributed by atoms with Crippen LogP contribution in [0.4, 0.5) is 26.6 Å². The number of fused-ring (bicyclic) bond motifs is 1. The van der Waals surface area contributed by atoms with Gasteiger partial charge >= 0.3 is 6.03 Å². The van der Waals surface area contributed by atoms with Gasteiger partial charge in [-0.2, -0.15) is 0 Å². The van der Waals surface area contributed by atoms with Crippen molar-refractivity contribution in [3.05, 3.63) is 53.7 Å². The Balaban J connectivity index is 1.46. The number of methoxy groups -OCH3 is 1. The number of hydrogen-bond acceptors (Lipinski definition) is 8. The maximum atomic E-state index is 13.4. The van der Waals surface area contributed by atoms with Crippen LogP contribution in [0.2, 0.25) is 0 Å². The number of urea groups is 1. The van der Waals surface area contributed by atoms with Gasteiger partial charge in [0.1, 0.15) is 5.82 Å². The molecule has 2 aromatic heterocycles. The van der Waals surface area contributed by atoms with Crippen LogP contribution in [0.25, 0.3) is 11.4 Å². The highest BCUT2D eigenvalue weighted by Gasteiger charge is 2.28. The van der Waals surface area contributed by atoms with Crippen LogP contribution in [-0.4, -0.2) is 65.4 Å². The molecule has 1 aromatic carbocycles. The minimum atomic E-state index is -0.461. The van der Waals surface area contributed by atoms with Gasteiger partial charge in [0, 0.05) is 50.1 Å². The molecular formula is C26H31FN8O2. The summed E-state index contributed by atoms with van der Waals surface area (Å²) in [6, 6.07) is 7.26. The highest BCUT2D eigenvalue weighted by Crippen LogP contribution is 2.32. The number of rotatable bonds is 6. The molecule has 37 heavy (non-hydrogen) atoms. The van der Waals surface area contributed by atoms with Gasteiger partial charge in [-0.05, 0) is 50.5 Å². The van der Waals surface area contributed by atoms with Crippen LogP contribution in [0.5, 0.6) is 0 Å². The summed E-state index contributed by atoms with van der Waals surface area (Å²) < 4.78 is 18.9. The number of nitrogens with one attached hydrogen (secondary N) is 2. The van der Waals surface area contributed by atoms with Crippen molar-refractivity contribution in [1.29, 1.82) is 0 Å². The zero-order chi connectivity index (χ0) is 25.8. The average Bonchev–Trinajstić information content (AvgIpc) is 2.93. The number of anilines is 3. The number of carbonyl (C=O) groups is 1. The van der Waals surface area contributed by atoms with E-state index in [9.17, 15) is 9.18 Å². The number of nitrogens with zero attached hydrogens (tertiary/aromatic N) is 6. The first-order chi connectivity index (χ1) is 18.0. The molecule has 1 fully saturated rings. The number of ether oxygens (including phenoxy) is 1. The SMILES string of the molecule is CCNC(=O)Nc1ccc(-c2nc3c(c(N4CCC(OC)CC4)n2)CCN(c2ncc(F)cn2)C3)cc1. The van der Waals surface area contributed by atoms with Gasteiger partial charge in [0.25, 0.3) is 0 Å². The third-order valence-electron chi connectivity index (χ3n) is 6.75. The predicted molar refractivity (Wildman–Crippen MR) is 139 cm³/mol. The second-order valence-electron chi connectivity index (χ2n) is 9.15. The van der Waals surface area contributed by atoms with Crippen LogP contribution in [0.3, 0.4) is 0 Å². The lowest BCUT2D eigenvalue weighted by atomic mass is 10.0. The van der Waals surface area contributed by atoms with Gasteiger partial charge in [-0.1, -0.05) is 0 Å². The molecule has 194 valence electrons. The molecule has 1 saturated heterocycles. The van der Waals surface area contributed by atoms with Crippen LogP contribution >= 0.6 is 0 Å². The molecule has 0 radical (unpaired) electrons. The number of aromatic nitrogens is 4. The molecule has 3 aromatic rings. The Morgan fingerprint density at radius 1 is 1.08 bits per heavy atom. The molecule has 5 rings (SSSR count). The van der Waals surface area contributed by atoms with Crippen molar-refractivity contribution in [2.75, 3.05) is 48.4 Å². The van der Waals surface area contributed by atoms with E-state index >= 15 is 0 Å². The monoisotopic (exact) mass is 506 g/mol. The number of halogens is 1. The average molecular weight is 507 g/mol. The van der Waals surface area contributed by atoms with Crippen LogP contribution in [0.1, 0.15) is 31.0 Å². The molecule has 2 amide bonds. The van der Waals surface area contributed by atoms with Gasteiger partial charge in [-0.15, -0.1) is 0 Å². The molecule has 0 saturated carbocycles. The predicted octanol–water partition coefficient (Wildman–Crippen LogP) is 3.39. The summed E-state index contributed by atoms with van der Waals surface area (Å²) in [5.74, 6) is 1.60. The van der Waals surface area contributed by atoms with Gasteiger partial charge in [-0.3, -0.25) is 0 Å². The summed E-state index contributed by atoms with van der Waals surface area (Å²) in [4.78, 5) is 34.5. The maximum absolute atomic E-state index is 13.4. The number of amides is 2. The van der Waals surface area contributed by atoms with Crippen molar-refractivity contribution in [1.82, 2.24) is 25.3 Å². The largest absolute Gasteiger partial charge is 0.381 e. The lowest BCUT2D eigenvalue weighted by molar-refractivity contribution is 0.0817. The Labute approximate surface area is 215 Å². The third kappa shape index (κ3) is 5.61. The van der Waals surface area contributed by atoms with Crippen molar-refractivity contribution in [3.63, 3.8) is 0 Å². The minimum Gasteiger partial charge on any atom is -0.381 e. The van der Waals surface area contributed by atoms with Gasteiger partial charge in [0.05, 0.1) is 30.7 Å². The molecule has 2 N–H and O–H groups in total. The quantitative estimate of drug-likeness (QED) is 0.524. The number of piperidine rings is 1. The molecule has 0 aliphatic carbocycles. The van der Waals surface area contributed by atoms with Crippen molar-refractivity contribution >= 4 is 23.5 Å². The van der Waals surface area contributed by atoms with Crippen LogP contribution in [-0.2, 0) is 17.7 Å². The molecule has 0 unspecified atom stereocenters. The number of benzene rings is 1. The Kier molecular flexibility index (Phi) is 7.40. The summed E-state index contributed by atoms with van der Waals surface area (Å²) in [5.41, 5.74) is 3.59. The molecular weight excluding hydrogens is 475 g/mol. The fraction of sp³-hybridized carbons (Fsp3) is 0.423. The maximum Gasteiger partial charge on any atom is 0.319 e. The van der Waals surface area contributed by atoms with Crippen LogP contribution in [0, 0.1) is 5.82 Å². The highest BCUT2D eigenvalue weighted by molar-refractivity contribution is 5.89. The van der Waals surface area contributed by atoms with E-state index in [1.165, 1.54) is 12.4 Å². The summed E-state index contributed by atoms with van der Waals surface area (Å²) in [6.45, 7) is 5.35. The molecule has 2 aliphatic rings. The van der Waals surface area contributed by atoms with E-state index < -0.39 is 5.82 Å². The standard InChI is InChI=1S/C26H31FN8O2/c1-3-28-26(36)31-19-6-4-17(5-7-19)23-32-22-16-35(25-29-14-18(27)15-30-25)13-10-21(22)24(33-23)34-11-8-20(37-2)9-12-34/h4-7,14-15,20H,3,8-13,16H2,1-2H3,(H2,28,31,36). The summed E-state index contributed by atoms with van der Waals surface area (Å²) in [5, 5.41) is 5.54. The topological polar surface area (TPSA) is 108 Å². The smallest absolute Gasteiger partial charge is 0.319 e. The molecule has 2 aliphatic heterocycles. The third-order valence-corrected chi connectivity index (χ3v) is 6.75. The van der Waals surface area contributed by atoms with E-state index in [1.54, 1.807) is 7.11 Å². The number of carbonyl (C=O) groups excluding carboxylic acids is 1. The molecule has 0 atom stereocenters.